The van der Waals surface area contributed by atoms with Gasteiger partial charge in [-0.25, -0.2) is 0 Å². The van der Waals surface area contributed by atoms with Gasteiger partial charge in [-0.15, -0.1) is 0 Å². The van der Waals surface area contributed by atoms with Crippen LogP contribution in [0.4, 0.5) is 0 Å². The molecule has 0 amide bonds. The van der Waals surface area contributed by atoms with Crippen molar-refractivity contribution in [3.63, 3.8) is 0 Å². The first-order chi connectivity index (χ1) is 2.83. The summed E-state index contributed by atoms with van der Waals surface area (Å²) in [6.07, 6.45) is 4.00. The van der Waals surface area contributed by atoms with Crippen LogP contribution in [-0.4, -0.2) is 0 Å². The van der Waals surface area contributed by atoms with Gasteiger partial charge in [-0.3, -0.25) is 0 Å². The largest absolute Gasteiger partial charge is 2.00 e. The Balaban J connectivity index is -0.0000000400. The van der Waals surface area contributed by atoms with Crippen LogP contribution in [0.1, 0.15) is 27.7 Å². The van der Waals surface area contributed by atoms with Crippen LogP contribution in [-0.2, 0) is 26.2 Å². The molecular weight excluding hydrogens is 163 g/mol. The van der Waals surface area contributed by atoms with Crippen molar-refractivity contribution in [2.45, 2.75) is 27.7 Å². The molecule has 0 aliphatic rings. The van der Waals surface area contributed by atoms with E-state index >= 15 is 0 Å². The normalized spacial score (nSPS) is 5.14. The molecule has 0 aliphatic carbocycles. The van der Waals surface area contributed by atoms with E-state index in [1.807, 2.05) is 40.5 Å². The summed E-state index contributed by atoms with van der Waals surface area (Å²) in [5.41, 5.74) is 0. The maximum absolute atomic E-state index is 2.00. The molecule has 0 heterocycles. The second-order valence-electron chi connectivity index (χ2n) is 1.15. The molecule has 0 aromatic heterocycles. The van der Waals surface area contributed by atoms with Gasteiger partial charge in [-0.05, 0) is 0 Å². The van der Waals surface area contributed by atoms with Gasteiger partial charge in [0.1, 0.15) is 0 Å². The number of hydrogen-bond donors (Lipinski definition) is 0. The predicted octanol–water partition coefficient (Wildman–Crippen LogP) is 2.46. The fourth-order valence-corrected chi connectivity index (χ4v) is 0. The van der Waals surface area contributed by atoms with E-state index in [0.29, 0.717) is 0 Å². The van der Waals surface area contributed by atoms with E-state index in [9.17, 15) is 0 Å². The number of hydrogen-bond acceptors (Lipinski definition) is 0. The van der Waals surface area contributed by atoms with E-state index in [1.54, 1.807) is 0 Å². The van der Waals surface area contributed by atoms with Gasteiger partial charge in [-0.1, -0.05) is 0 Å². The zero-order chi connectivity index (χ0) is 5.41. The van der Waals surface area contributed by atoms with Crippen LogP contribution < -0.4 is 0 Å². The van der Waals surface area contributed by atoms with Gasteiger partial charge in [0.25, 0.3) is 0 Å². The molecule has 0 saturated heterocycles. The molecule has 7 heavy (non-hydrogen) atoms. The van der Waals surface area contributed by atoms with Crippen molar-refractivity contribution in [3.05, 3.63) is 12.8 Å². The Hall–Kier alpha value is 0.883. The third-order valence-corrected chi connectivity index (χ3v) is 0. The molecule has 0 nitrogen and oxygen atoms in total. The quantitative estimate of drug-likeness (QED) is 0.499. The molecule has 0 bridgehead atoms. The van der Waals surface area contributed by atoms with E-state index < -0.39 is 0 Å². The Labute approximate surface area is 66.8 Å². The molecule has 0 saturated carbocycles. The van der Waals surface area contributed by atoms with Crippen LogP contribution >= 0.6 is 0 Å². The smallest absolute Gasteiger partial charge is 0.335 e. The monoisotopic (exact) mass is 176 g/mol. The third-order valence-electron chi connectivity index (χ3n) is 0. The fourth-order valence-electron chi connectivity index (χ4n) is 0. The first-order valence-electron chi connectivity index (χ1n) is 2.31. The molecular formula is C6H14Zr. The van der Waals surface area contributed by atoms with Gasteiger partial charge >= 0.3 is 26.2 Å². The van der Waals surface area contributed by atoms with Crippen molar-refractivity contribution in [2.75, 3.05) is 0 Å². The summed E-state index contributed by atoms with van der Waals surface area (Å²) >= 11 is 0. The second-order valence-corrected chi connectivity index (χ2v) is 1.15. The SMILES string of the molecule is C[CH-]C.C[CH-]C.[Zr+2]. The van der Waals surface area contributed by atoms with Crippen molar-refractivity contribution in [1.29, 1.82) is 0 Å². The van der Waals surface area contributed by atoms with Gasteiger partial charge < -0.3 is 12.8 Å². The van der Waals surface area contributed by atoms with E-state index in [0.717, 1.165) is 0 Å². The van der Waals surface area contributed by atoms with Crippen molar-refractivity contribution < 1.29 is 26.2 Å². The average molecular weight is 177 g/mol. The molecule has 0 aromatic carbocycles. The average Bonchev–Trinajstić information content (AvgIpc) is 1.39. The van der Waals surface area contributed by atoms with Gasteiger partial charge in [0, 0.05) is 0 Å². The van der Waals surface area contributed by atoms with Gasteiger partial charge in [-0.2, -0.15) is 27.7 Å². The minimum Gasteiger partial charge on any atom is -0.335 e. The number of rotatable bonds is 0. The Morgan fingerprint density at radius 1 is 0.714 bits per heavy atom. The summed E-state index contributed by atoms with van der Waals surface area (Å²) < 4.78 is 0. The first kappa shape index (κ1) is 15.7. The van der Waals surface area contributed by atoms with Crippen molar-refractivity contribution in [3.8, 4) is 0 Å². The standard InChI is InChI=1S/2C3H7.Zr/c2*1-3-2;/h2*3H,1-2H3;/q2*-1;+2. The molecule has 0 aliphatic heterocycles. The van der Waals surface area contributed by atoms with Crippen molar-refractivity contribution >= 4 is 0 Å². The maximum atomic E-state index is 2.00. The van der Waals surface area contributed by atoms with Crippen LogP contribution in [0.15, 0.2) is 0 Å². The van der Waals surface area contributed by atoms with Crippen LogP contribution in [0.2, 0.25) is 0 Å². The molecule has 0 aromatic rings. The maximum Gasteiger partial charge on any atom is 2.00 e. The fraction of sp³-hybridized carbons (Fsp3) is 0.667. The van der Waals surface area contributed by atoms with Crippen LogP contribution in [0.25, 0.3) is 0 Å². The van der Waals surface area contributed by atoms with E-state index in [2.05, 4.69) is 0 Å². The Morgan fingerprint density at radius 2 is 0.714 bits per heavy atom. The van der Waals surface area contributed by atoms with Gasteiger partial charge in [0.05, 0.1) is 0 Å². The van der Waals surface area contributed by atoms with E-state index in [-0.39, 0.29) is 26.2 Å². The zero-order valence-corrected chi connectivity index (χ0v) is 8.11. The summed E-state index contributed by atoms with van der Waals surface area (Å²) in [5, 5.41) is 0. The molecule has 0 spiro atoms. The van der Waals surface area contributed by atoms with Gasteiger partial charge in [0.2, 0.25) is 0 Å². The molecule has 0 fully saturated rings. The van der Waals surface area contributed by atoms with E-state index in [4.69, 9.17) is 0 Å². The minimum absolute atomic E-state index is 0. The summed E-state index contributed by atoms with van der Waals surface area (Å²) in [5.74, 6) is 0. The summed E-state index contributed by atoms with van der Waals surface area (Å²) in [4.78, 5) is 0. The van der Waals surface area contributed by atoms with Crippen molar-refractivity contribution in [2.24, 2.45) is 0 Å². The summed E-state index contributed by atoms with van der Waals surface area (Å²) in [7, 11) is 0. The van der Waals surface area contributed by atoms with Crippen LogP contribution in [0.5, 0.6) is 0 Å². The van der Waals surface area contributed by atoms with E-state index in [1.165, 1.54) is 0 Å². The second kappa shape index (κ2) is 28.7. The van der Waals surface area contributed by atoms with Crippen molar-refractivity contribution in [1.82, 2.24) is 0 Å². The Morgan fingerprint density at radius 3 is 0.714 bits per heavy atom. The predicted molar refractivity (Wildman–Crippen MR) is 31.3 cm³/mol. The summed E-state index contributed by atoms with van der Waals surface area (Å²) in [6, 6.07) is 0. The first-order valence-corrected chi connectivity index (χ1v) is 2.31. The minimum atomic E-state index is 0. The molecule has 0 unspecified atom stereocenters. The Kier molecular flexibility index (Phi) is 64.1. The van der Waals surface area contributed by atoms with Gasteiger partial charge in [0.15, 0.2) is 0 Å². The molecule has 42 valence electrons. The Bertz CT molecular complexity index is 6.14. The molecule has 0 N–H and O–H groups in total. The molecule has 0 rings (SSSR count). The molecule has 0 radical (unpaired) electrons. The molecule has 1 heteroatoms. The van der Waals surface area contributed by atoms with Crippen LogP contribution in [0, 0.1) is 12.8 Å². The molecule has 0 atom stereocenters. The zero-order valence-electron chi connectivity index (χ0n) is 5.65. The topological polar surface area (TPSA) is 0 Å². The third kappa shape index (κ3) is 210. The summed E-state index contributed by atoms with van der Waals surface area (Å²) in [6.45, 7) is 8.00. The van der Waals surface area contributed by atoms with Crippen LogP contribution in [0.3, 0.4) is 0 Å².